The molecule has 8 nitrogen and oxygen atoms in total. The van der Waals surface area contributed by atoms with Crippen LogP contribution in [0.25, 0.3) is 0 Å². The maximum absolute atomic E-state index is 12.1. The minimum Gasteiger partial charge on any atom is -0.398 e. The van der Waals surface area contributed by atoms with E-state index in [1.807, 2.05) is 0 Å². The molecule has 0 bridgehead atoms. The molecule has 6 N–H and O–H groups in total. The number of benzene rings is 1. The Morgan fingerprint density at radius 1 is 1.35 bits per heavy atom. The number of carbonyl (C=O) groups is 1. The third-order valence-corrected chi connectivity index (χ3v) is 4.07. The van der Waals surface area contributed by atoms with Crippen LogP contribution in [0, 0.1) is 0 Å². The number of hydrogen-bond donors (Lipinski definition) is 4. The van der Waals surface area contributed by atoms with Gasteiger partial charge in [0.2, 0.25) is 15.9 Å². The van der Waals surface area contributed by atoms with Crippen molar-refractivity contribution in [3.63, 3.8) is 0 Å². The zero-order valence-electron chi connectivity index (χ0n) is 10.3. The molecule has 1 amide bonds. The van der Waals surface area contributed by atoms with Crippen LogP contribution in [0.4, 0.5) is 5.69 Å². The summed E-state index contributed by atoms with van der Waals surface area (Å²) in [7, 11) is -3.78. The number of aromatic amines is 1. The van der Waals surface area contributed by atoms with Crippen LogP contribution in [0.1, 0.15) is 16.1 Å². The SMILES string of the molecule is NC(=O)c1ccc(S(=O)(=O)NCc2ccn[nH]2)c(N)c1. The number of amides is 1. The van der Waals surface area contributed by atoms with Gasteiger partial charge < -0.3 is 11.5 Å². The third kappa shape index (κ3) is 2.95. The predicted molar refractivity (Wildman–Crippen MR) is 72.0 cm³/mol. The van der Waals surface area contributed by atoms with E-state index in [2.05, 4.69) is 14.9 Å². The van der Waals surface area contributed by atoms with E-state index in [9.17, 15) is 13.2 Å². The number of H-pyrrole nitrogens is 1. The molecule has 2 aromatic rings. The van der Waals surface area contributed by atoms with E-state index < -0.39 is 15.9 Å². The summed E-state index contributed by atoms with van der Waals surface area (Å²) >= 11 is 0. The van der Waals surface area contributed by atoms with Gasteiger partial charge in [-0.25, -0.2) is 13.1 Å². The summed E-state index contributed by atoms with van der Waals surface area (Å²) < 4.78 is 26.5. The standard InChI is InChI=1S/C11H13N5O3S/c12-9-5-7(11(13)17)1-2-10(9)20(18,19)15-6-8-3-4-14-16-8/h1-5,15H,6,12H2,(H2,13,17)(H,14,16). The molecule has 0 unspecified atom stereocenters. The van der Waals surface area contributed by atoms with Crippen LogP contribution < -0.4 is 16.2 Å². The van der Waals surface area contributed by atoms with Gasteiger partial charge in [-0.2, -0.15) is 5.10 Å². The molecule has 0 aliphatic heterocycles. The molecule has 1 aromatic heterocycles. The third-order valence-electron chi connectivity index (χ3n) is 2.59. The van der Waals surface area contributed by atoms with Gasteiger partial charge in [-0.15, -0.1) is 0 Å². The zero-order chi connectivity index (χ0) is 14.8. The second kappa shape index (κ2) is 5.31. The number of hydrogen-bond acceptors (Lipinski definition) is 5. The van der Waals surface area contributed by atoms with Gasteiger partial charge in [0, 0.05) is 11.8 Å². The Kier molecular flexibility index (Phi) is 3.72. The van der Waals surface area contributed by atoms with E-state index in [0.29, 0.717) is 5.69 Å². The van der Waals surface area contributed by atoms with Gasteiger partial charge in [0.1, 0.15) is 4.90 Å². The van der Waals surface area contributed by atoms with Crippen molar-refractivity contribution in [2.24, 2.45) is 5.73 Å². The molecule has 0 spiro atoms. The lowest BCUT2D eigenvalue weighted by molar-refractivity contribution is 0.1000. The molecule has 106 valence electrons. The van der Waals surface area contributed by atoms with Crippen molar-refractivity contribution >= 4 is 21.6 Å². The van der Waals surface area contributed by atoms with Crippen LogP contribution in [0.3, 0.4) is 0 Å². The van der Waals surface area contributed by atoms with Crippen molar-refractivity contribution in [3.05, 3.63) is 41.7 Å². The molecule has 0 saturated heterocycles. The van der Waals surface area contributed by atoms with Gasteiger partial charge >= 0.3 is 0 Å². The molecule has 20 heavy (non-hydrogen) atoms. The minimum atomic E-state index is -3.78. The molecule has 0 aliphatic rings. The highest BCUT2D eigenvalue weighted by Gasteiger charge is 2.18. The van der Waals surface area contributed by atoms with E-state index in [-0.39, 0.29) is 22.7 Å². The first kappa shape index (κ1) is 14.0. The average molecular weight is 295 g/mol. The number of primary amides is 1. The van der Waals surface area contributed by atoms with E-state index >= 15 is 0 Å². The normalized spacial score (nSPS) is 11.4. The Morgan fingerprint density at radius 3 is 2.65 bits per heavy atom. The molecule has 0 atom stereocenters. The molecule has 0 saturated carbocycles. The average Bonchev–Trinajstić information content (AvgIpc) is 2.89. The number of nitrogen functional groups attached to an aromatic ring is 1. The summed E-state index contributed by atoms with van der Waals surface area (Å²) in [6, 6.07) is 5.42. The highest BCUT2D eigenvalue weighted by Crippen LogP contribution is 2.19. The quantitative estimate of drug-likeness (QED) is 0.553. The van der Waals surface area contributed by atoms with Crippen LogP contribution in [-0.2, 0) is 16.6 Å². The number of anilines is 1. The van der Waals surface area contributed by atoms with Crippen LogP contribution in [0.2, 0.25) is 0 Å². The van der Waals surface area contributed by atoms with E-state index in [4.69, 9.17) is 11.5 Å². The van der Waals surface area contributed by atoms with Gasteiger partial charge in [-0.3, -0.25) is 9.89 Å². The Bertz CT molecular complexity index is 725. The second-order valence-corrected chi connectivity index (χ2v) is 5.76. The number of nitrogens with zero attached hydrogens (tertiary/aromatic N) is 1. The molecule has 1 heterocycles. The molecular formula is C11H13N5O3S. The Balaban J connectivity index is 2.23. The fourth-order valence-corrected chi connectivity index (χ4v) is 2.70. The van der Waals surface area contributed by atoms with Gasteiger partial charge in [0.05, 0.1) is 17.9 Å². The maximum Gasteiger partial charge on any atom is 0.248 e. The van der Waals surface area contributed by atoms with Gasteiger partial charge in [-0.1, -0.05) is 0 Å². The topological polar surface area (TPSA) is 144 Å². The predicted octanol–water partition coefficient (Wildman–Crippen LogP) is -0.431. The van der Waals surface area contributed by atoms with E-state index in [1.54, 1.807) is 6.07 Å². The number of sulfonamides is 1. The molecule has 9 heteroatoms. The largest absolute Gasteiger partial charge is 0.398 e. The molecular weight excluding hydrogens is 282 g/mol. The van der Waals surface area contributed by atoms with Crippen molar-refractivity contribution in [2.75, 3.05) is 5.73 Å². The molecule has 0 radical (unpaired) electrons. The van der Waals surface area contributed by atoms with Crippen LogP contribution in [0.15, 0.2) is 35.4 Å². The van der Waals surface area contributed by atoms with Crippen LogP contribution in [0.5, 0.6) is 0 Å². The zero-order valence-corrected chi connectivity index (χ0v) is 11.1. The summed E-state index contributed by atoms with van der Waals surface area (Å²) in [6.07, 6.45) is 1.51. The highest BCUT2D eigenvalue weighted by atomic mass is 32.2. The fourth-order valence-electron chi connectivity index (χ4n) is 1.58. The number of aromatic nitrogens is 2. The van der Waals surface area contributed by atoms with Gasteiger partial charge in [0.15, 0.2) is 0 Å². The number of carbonyl (C=O) groups excluding carboxylic acids is 1. The van der Waals surface area contributed by atoms with Crippen molar-refractivity contribution in [2.45, 2.75) is 11.4 Å². The lowest BCUT2D eigenvalue weighted by Crippen LogP contribution is -2.24. The lowest BCUT2D eigenvalue weighted by Gasteiger charge is -2.09. The summed E-state index contributed by atoms with van der Waals surface area (Å²) in [6.45, 7) is 0.0549. The van der Waals surface area contributed by atoms with Crippen molar-refractivity contribution in [1.82, 2.24) is 14.9 Å². The summed E-state index contributed by atoms with van der Waals surface area (Å²) in [5.41, 5.74) is 11.5. The van der Waals surface area contributed by atoms with Crippen molar-refractivity contribution in [1.29, 1.82) is 0 Å². The van der Waals surface area contributed by atoms with Crippen LogP contribution >= 0.6 is 0 Å². The van der Waals surface area contributed by atoms with Gasteiger partial charge in [0.25, 0.3) is 0 Å². The second-order valence-electron chi connectivity index (χ2n) is 4.02. The molecule has 0 aliphatic carbocycles. The molecule has 0 fully saturated rings. The Labute approximate surface area is 115 Å². The minimum absolute atomic E-state index is 0.0431. The maximum atomic E-state index is 12.1. The molecule has 2 rings (SSSR count). The highest BCUT2D eigenvalue weighted by molar-refractivity contribution is 7.89. The number of rotatable bonds is 5. The fraction of sp³-hybridized carbons (Fsp3) is 0.0909. The van der Waals surface area contributed by atoms with Crippen LogP contribution in [-0.4, -0.2) is 24.5 Å². The summed E-state index contributed by atoms with van der Waals surface area (Å²) in [5.74, 6) is -0.675. The first-order chi connectivity index (χ1) is 9.40. The van der Waals surface area contributed by atoms with E-state index in [1.165, 1.54) is 24.4 Å². The monoisotopic (exact) mass is 295 g/mol. The first-order valence-electron chi connectivity index (χ1n) is 5.57. The molecule has 1 aromatic carbocycles. The summed E-state index contributed by atoms with van der Waals surface area (Å²) in [5, 5.41) is 6.34. The van der Waals surface area contributed by atoms with Crippen molar-refractivity contribution < 1.29 is 13.2 Å². The Morgan fingerprint density at radius 2 is 2.10 bits per heavy atom. The van der Waals surface area contributed by atoms with E-state index in [0.717, 1.165) is 0 Å². The lowest BCUT2D eigenvalue weighted by atomic mass is 10.2. The first-order valence-corrected chi connectivity index (χ1v) is 7.06. The number of nitrogens with one attached hydrogen (secondary N) is 2. The van der Waals surface area contributed by atoms with Gasteiger partial charge in [-0.05, 0) is 24.3 Å². The number of nitrogens with two attached hydrogens (primary N) is 2. The summed E-state index contributed by atoms with van der Waals surface area (Å²) in [4.78, 5) is 10.9. The van der Waals surface area contributed by atoms with Crippen molar-refractivity contribution in [3.8, 4) is 0 Å². The smallest absolute Gasteiger partial charge is 0.248 e. The Hall–Kier alpha value is -2.39.